The van der Waals surface area contributed by atoms with Crippen LogP contribution in [-0.2, 0) is 11.2 Å². The molecule has 0 spiro atoms. The molecule has 1 aliphatic heterocycles. The summed E-state index contributed by atoms with van der Waals surface area (Å²) in [4.78, 5) is 14.4. The largest absolute Gasteiger partial charge is 0.373 e. The average molecular weight is 290 g/mol. The summed E-state index contributed by atoms with van der Waals surface area (Å²) < 4.78 is 5.71. The molecule has 1 amide bonds. The van der Waals surface area contributed by atoms with Gasteiger partial charge in [-0.05, 0) is 38.0 Å². The summed E-state index contributed by atoms with van der Waals surface area (Å²) in [6.45, 7) is 9.72. The van der Waals surface area contributed by atoms with Gasteiger partial charge >= 0.3 is 0 Å². The van der Waals surface area contributed by atoms with Crippen molar-refractivity contribution in [1.29, 1.82) is 0 Å². The fourth-order valence-electron chi connectivity index (χ4n) is 2.79. The number of carbonyl (C=O) groups excluding carboxylic acids is 1. The van der Waals surface area contributed by atoms with Gasteiger partial charge in [-0.15, -0.1) is 0 Å². The summed E-state index contributed by atoms with van der Waals surface area (Å²) in [5.41, 5.74) is 1.98. The van der Waals surface area contributed by atoms with Gasteiger partial charge in [0.1, 0.15) is 0 Å². The Labute approximate surface area is 127 Å². The van der Waals surface area contributed by atoms with Crippen LogP contribution in [0.2, 0.25) is 0 Å². The number of hydrogen-bond donors (Lipinski definition) is 1. The number of amides is 1. The molecule has 1 N–H and O–H groups in total. The van der Waals surface area contributed by atoms with Crippen molar-refractivity contribution < 1.29 is 9.53 Å². The first-order valence-electron chi connectivity index (χ1n) is 7.83. The van der Waals surface area contributed by atoms with Gasteiger partial charge in [-0.25, -0.2) is 0 Å². The van der Waals surface area contributed by atoms with E-state index in [4.69, 9.17) is 4.74 Å². The molecule has 0 aromatic heterocycles. The third-order valence-corrected chi connectivity index (χ3v) is 3.83. The van der Waals surface area contributed by atoms with Crippen LogP contribution < -0.4 is 5.32 Å². The second-order valence-electron chi connectivity index (χ2n) is 5.82. The smallest absolute Gasteiger partial charge is 0.251 e. The lowest BCUT2D eigenvalue weighted by Crippen LogP contribution is -2.47. The zero-order valence-electron chi connectivity index (χ0n) is 13.3. The van der Waals surface area contributed by atoms with Crippen LogP contribution in [0.3, 0.4) is 0 Å². The molecule has 0 saturated carbocycles. The fourth-order valence-corrected chi connectivity index (χ4v) is 2.79. The van der Waals surface area contributed by atoms with Crippen LogP contribution in [0.4, 0.5) is 0 Å². The Bertz CT molecular complexity index is 448. The first-order valence-corrected chi connectivity index (χ1v) is 7.83. The minimum atomic E-state index is 0.00649. The van der Waals surface area contributed by atoms with E-state index < -0.39 is 0 Å². The van der Waals surface area contributed by atoms with Gasteiger partial charge in [-0.3, -0.25) is 9.69 Å². The monoisotopic (exact) mass is 290 g/mol. The molecule has 2 atom stereocenters. The maximum absolute atomic E-state index is 12.1. The third kappa shape index (κ3) is 4.83. The molecule has 1 heterocycles. The molecule has 116 valence electrons. The molecule has 0 bridgehead atoms. The molecular formula is C17H26N2O2. The molecule has 4 nitrogen and oxygen atoms in total. The van der Waals surface area contributed by atoms with Gasteiger partial charge in [0.2, 0.25) is 0 Å². The van der Waals surface area contributed by atoms with Crippen LogP contribution >= 0.6 is 0 Å². The minimum Gasteiger partial charge on any atom is -0.373 e. The molecule has 1 aromatic rings. The van der Waals surface area contributed by atoms with E-state index in [1.54, 1.807) is 0 Å². The van der Waals surface area contributed by atoms with Crippen molar-refractivity contribution in [1.82, 2.24) is 10.2 Å². The van der Waals surface area contributed by atoms with E-state index in [-0.39, 0.29) is 18.1 Å². The van der Waals surface area contributed by atoms with Crippen LogP contribution in [-0.4, -0.2) is 49.2 Å². The zero-order valence-corrected chi connectivity index (χ0v) is 13.3. The maximum atomic E-state index is 12.1. The van der Waals surface area contributed by atoms with Gasteiger partial charge in [0.25, 0.3) is 5.91 Å². The maximum Gasteiger partial charge on any atom is 0.251 e. The number of hydrogen-bond acceptors (Lipinski definition) is 3. The Hall–Kier alpha value is -1.39. The van der Waals surface area contributed by atoms with E-state index >= 15 is 0 Å². The van der Waals surface area contributed by atoms with Gasteiger partial charge in [0.15, 0.2) is 0 Å². The Morgan fingerprint density at radius 1 is 1.24 bits per heavy atom. The lowest BCUT2D eigenvalue weighted by Gasteiger charge is -2.35. The van der Waals surface area contributed by atoms with Crippen LogP contribution in [0.25, 0.3) is 0 Å². The average Bonchev–Trinajstić information content (AvgIpc) is 2.46. The number of nitrogens with zero attached hydrogens (tertiary/aromatic N) is 1. The number of carbonyl (C=O) groups is 1. The van der Waals surface area contributed by atoms with Crippen molar-refractivity contribution in [2.75, 3.05) is 26.2 Å². The van der Waals surface area contributed by atoms with Crippen molar-refractivity contribution in [3.63, 3.8) is 0 Å². The number of aryl methyl sites for hydroxylation is 1. The van der Waals surface area contributed by atoms with Crippen LogP contribution in [0.15, 0.2) is 24.3 Å². The SMILES string of the molecule is CCc1ccc(C(=O)NCCN2CC(C)OC(C)C2)cc1. The molecule has 2 rings (SSSR count). The molecule has 1 aliphatic rings. The standard InChI is InChI=1S/C17H26N2O2/c1-4-15-5-7-16(8-6-15)17(20)18-9-10-19-11-13(2)21-14(3)12-19/h5-8,13-14H,4,9-12H2,1-3H3,(H,18,20). The highest BCUT2D eigenvalue weighted by atomic mass is 16.5. The van der Waals surface area contributed by atoms with Crippen molar-refractivity contribution in [3.05, 3.63) is 35.4 Å². The summed E-state index contributed by atoms with van der Waals surface area (Å²) >= 11 is 0. The summed E-state index contributed by atoms with van der Waals surface area (Å²) in [5, 5.41) is 2.99. The Balaban J connectivity index is 1.76. The Kier molecular flexibility index (Phi) is 5.76. The van der Waals surface area contributed by atoms with Gasteiger partial charge in [-0.2, -0.15) is 0 Å². The van der Waals surface area contributed by atoms with E-state index in [0.717, 1.165) is 31.6 Å². The number of benzene rings is 1. The molecule has 1 saturated heterocycles. The lowest BCUT2D eigenvalue weighted by molar-refractivity contribution is -0.0672. The first kappa shape index (κ1) is 16.0. The van der Waals surface area contributed by atoms with E-state index in [9.17, 15) is 4.79 Å². The molecule has 1 fully saturated rings. The van der Waals surface area contributed by atoms with Crippen molar-refractivity contribution >= 4 is 5.91 Å². The van der Waals surface area contributed by atoms with E-state index in [1.807, 2.05) is 24.3 Å². The first-order chi connectivity index (χ1) is 10.1. The number of morpholine rings is 1. The summed E-state index contributed by atoms with van der Waals surface area (Å²) in [6.07, 6.45) is 1.53. The highest BCUT2D eigenvalue weighted by Crippen LogP contribution is 2.09. The summed E-state index contributed by atoms with van der Waals surface area (Å²) in [5.74, 6) is 0.00649. The van der Waals surface area contributed by atoms with Gasteiger partial charge in [0.05, 0.1) is 12.2 Å². The second kappa shape index (κ2) is 7.57. The highest BCUT2D eigenvalue weighted by molar-refractivity contribution is 5.94. The van der Waals surface area contributed by atoms with E-state index in [0.29, 0.717) is 6.54 Å². The summed E-state index contributed by atoms with van der Waals surface area (Å²) in [6, 6.07) is 7.82. The van der Waals surface area contributed by atoms with Crippen LogP contribution in [0, 0.1) is 0 Å². The predicted molar refractivity (Wildman–Crippen MR) is 84.6 cm³/mol. The molecular weight excluding hydrogens is 264 g/mol. The van der Waals surface area contributed by atoms with Gasteiger partial charge < -0.3 is 10.1 Å². The molecule has 4 heteroatoms. The molecule has 0 aliphatic carbocycles. The number of ether oxygens (including phenoxy) is 1. The number of nitrogens with one attached hydrogen (secondary N) is 1. The van der Waals surface area contributed by atoms with Crippen LogP contribution in [0.5, 0.6) is 0 Å². The van der Waals surface area contributed by atoms with Crippen LogP contribution in [0.1, 0.15) is 36.7 Å². The predicted octanol–water partition coefficient (Wildman–Crippen LogP) is 2.09. The van der Waals surface area contributed by atoms with Gasteiger partial charge in [0, 0.05) is 31.7 Å². The van der Waals surface area contributed by atoms with Crippen molar-refractivity contribution in [3.8, 4) is 0 Å². The van der Waals surface area contributed by atoms with E-state index in [1.165, 1.54) is 5.56 Å². The second-order valence-corrected chi connectivity index (χ2v) is 5.82. The molecule has 21 heavy (non-hydrogen) atoms. The van der Waals surface area contributed by atoms with Crippen molar-refractivity contribution in [2.24, 2.45) is 0 Å². The summed E-state index contributed by atoms with van der Waals surface area (Å²) in [7, 11) is 0. The molecule has 2 unspecified atom stereocenters. The Morgan fingerprint density at radius 3 is 2.43 bits per heavy atom. The minimum absolute atomic E-state index is 0.00649. The quantitative estimate of drug-likeness (QED) is 0.903. The normalized spacial score (nSPS) is 23.0. The number of rotatable bonds is 5. The van der Waals surface area contributed by atoms with Gasteiger partial charge in [-0.1, -0.05) is 19.1 Å². The Morgan fingerprint density at radius 2 is 1.86 bits per heavy atom. The molecule has 0 radical (unpaired) electrons. The lowest BCUT2D eigenvalue weighted by atomic mass is 10.1. The topological polar surface area (TPSA) is 41.6 Å². The molecule has 1 aromatic carbocycles. The van der Waals surface area contributed by atoms with Crippen molar-refractivity contribution in [2.45, 2.75) is 39.4 Å². The third-order valence-electron chi connectivity index (χ3n) is 3.83. The zero-order chi connectivity index (χ0) is 15.2. The highest BCUT2D eigenvalue weighted by Gasteiger charge is 2.21. The van der Waals surface area contributed by atoms with E-state index in [2.05, 4.69) is 31.0 Å². The fraction of sp³-hybridized carbons (Fsp3) is 0.588.